The van der Waals surface area contributed by atoms with E-state index in [0.29, 0.717) is 16.9 Å². The van der Waals surface area contributed by atoms with Gasteiger partial charge < -0.3 is 5.11 Å². The van der Waals surface area contributed by atoms with Crippen LogP contribution in [0.2, 0.25) is 0 Å². The third-order valence-corrected chi connectivity index (χ3v) is 3.07. The van der Waals surface area contributed by atoms with E-state index in [1.165, 1.54) is 15.7 Å². The molecule has 0 aliphatic rings. The van der Waals surface area contributed by atoms with Crippen LogP contribution >= 0.6 is 11.3 Å². The minimum atomic E-state index is -0.146. The number of hydrogen-bond acceptors (Lipinski definition) is 4. The van der Waals surface area contributed by atoms with Crippen molar-refractivity contribution in [2.24, 2.45) is 0 Å². The van der Waals surface area contributed by atoms with Gasteiger partial charge >= 0.3 is 0 Å². The van der Waals surface area contributed by atoms with E-state index in [9.17, 15) is 9.90 Å². The molecule has 80 valence electrons. The number of fused-ring (bicyclic) bond motifs is 1. The Balaban J connectivity index is 2.57. The van der Waals surface area contributed by atoms with Crippen LogP contribution in [0.15, 0.2) is 16.4 Å². The fraction of sp³-hybridized carbons (Fsp3) is 0.400. The number of thiazole rings is 1. The molecule has 0 radical (unpaired) electrons. The van der Waals surface area contributed by atoms with Crippen molar-refractivity contribution in [1.82, 2.24) is 9.38 Å². The van der Waals surface area contributed by atoms with Gasteiger partial charge in [-0.3, -0.25) is 9.20 Å². The molecule has 0 saturated heterocycles. The highest BCUT2D eigenvalue weighted by atomic mass is 32.1. The lowest BCUT2D eigenvalue weighted by atomic mass is 10.1. The van der Waals surface area contributed by atoms with Crippen LogP contribution in [0.5, 0.6) is 5.88 Å². The van der Waals surface area contributed by atoms with Gasteiger partial charge in [0.05, 0.1) is 5.56 Å². The van der Waals surface area contributed by atoms with Crippen molar-refractivity contribution in [2.45, 2.75) is 26.2 Å². The summed E-state index contributed by atoms with van der Waals surface area (Å²) in [5, 5.41) is 11.4. The molecule has 4 nitrogen and oxygen atoms in total. The zero-order valence-corrected chi connectivity index (χ0v) is 9.25. The molecular weight excluding hydrogens is 212 g/mol. The van der Waals surface area contributed by atoms with Gasteiger partial charge in [0.2, 0.25) is 5.88 Å². The van der Waals surface area contributed by atoms with Crippen molar-refractivity contribution in [3.63, 3.8) is 0 Å². The van der Waals surface area contributed by atoms with Gasteiger partial charge in [-0.2, -0.15) is 4.98 Å². The molecule has 0 fully saturated rings. The second kappa shape index (κ2) is 4.02. The number of unbranched alkanes of at least 4 members (excludes halogenated alkanes) is 1. The summed E-state index contributed by atoms with van der Waals surface area (Å²) in [5.74, 6) is -0.115. The van der Waals surface area contributed by atoms with Crippen LogP contribution in [-0.2, 0) is 6.42 Å². The molecule has 0 spiro atoms. The van der Waals surface area contributed by atoms with E-state index in [0.717, 1.165) is 12.8 Å². The summed E-state index contributed by atoms with van der Waals surface area (Å²) in [6, 6.07) is 0. The van der Waals surface area contributed by atoms with Crippen LogP contribution in [0, 0.1) is 0 Å². The highest BCUT2D eigenvalue weighted by molar-refractivity contribution is 7.15. The fourth-order valence-electron chi connectivity index (χ4n) is 1.48. The van der Waals surface area contributed by atoms with Crippen LogP contribution in [0.4, 0.5) is 0 Å². The standard InChI is InChI=1S/C10H12N2O2S/c1-2-3-4-7-8(13)11-10-12(9(7)14)5-6-15-10/h5-6,13H,2-4H2,1H3. The van der Waals surface area contributed by atoms with E-state index < -0.39 is 0 Å². The zero-order chi connectivity index (χ0) is 10.8. The molecule has 0 amide bonds. The summed E-state index contributed by atoms with van der Waals surface area (Å²) >= 11 is 1.34. The van der Waals surface area contributed by atoms with Crippen LogP contribution in [-0.4, -0.2) is 14.5 Å². The van der Waals surface area contributed by atoms with Gasteiger partial charge in [0.25, 0.3) is 5.56 Å². The van der Waals surface area contributed by atoms with E-state index in [4.69, 9.17) is 0 Å². The first-order chi connectivity index (χ1) is 7.24. The number of aromatic hydroxyl groups is 1. The van der Waals surface area contributed by atoms with Crippen LogP contribution in [0.25, 0.3) is 4.96 Å². The molecule has 2 aromatic rings. The van der Waals surface area contributed by atoms with Crippen LogP contribution < -0.4 is 5.56 Å². The average molecular weight is 224 g/mol. The van der Waals surface area contributed by atoms with Crippen molar-refractivity contribution in [3.8, 4) is 5.88 Å². The molecule has 0 aliphatic carbocycles. The molecule has 0 aliphatic heterocycles. The molecule has 1 N–H and O–H groups in total. The first-order valence-electron chi connectivity index (χ1n) is 4.91. The lowest BCUT2D eigenvalue weighted by molar-refractivity contribution is 0.444. The monoisotopic (exact) mass is 224 g/mol. The van der Waals surface area contributed by atoms with Gasteiger partial charge in [-0.1, -0.05) is 13.3 Å². The molecule has 0 unspecified atom stereocenters. The van der Waals surface area contributed by atoms with Gasteiger partial charge in [0.15, 0.2) is 4.96 Å². The topological polar surface area (TPSA) is 54.6 Å². The van der Waals surface area contributed by atoms with Gasteiger partial charge in [0, 0.05) is 11.6 Å². The maximum absolute atomic E-state index is 11.9. The van der Waals surface area contributed by atoms with Crippen molar-refractivity contribution in [1.29, 1.82) is 0 Å². The smallest absolute Gasteiger partial charge is 0.265 e. The van der Waals surface area contributed by atoms with Crippen molar-refractivity contribution in [2.75, 3.05) is 0 Å². The normalized spacial score (nSPS) is 11.0. The summed E-state index contributed by atoms with van der Waals surface area (Å²) in [6.07, 6.45) is 4.16. The first kappa shape index (κ1) is 10.2. The van der Waals surface area contributed by atoms with E-state index in [1.807, 2.05) is 6.92 Å². The highest BCUT2D eigenvalue weighted by Gasteiger charge is 2.11. The van der Waals surface area contributed by atoms with E-state index in [2.05, 4.69) is 4.98 Å². The van der Waals surface area contributed by atoms with E-state index in [-0.39, 0.29) is 11.4 Å². The highest BCUT2D eigenvalue weighted by Crippen LogP contribution is 2.16. The maximum atomic E-state index is 11.9. The second-order valence-electron chi connectivity index (χ2n) is 3.38. The molecule has 2 rings (SSSR count). The first-order valence-corrected chi connectivity index (χ1v) is 5.79. The fourth-order valence-corrected chi connectivity index (χ4v) is 2.18. The molecule has 0 bridgehead atoms. The Bertz CT molecular complexity index is 530. The van der Waals surface area contributed by atoms with Crippen molar-refractivity contribution < 1.29 is 5.11 Å². The molecule has 2 aromatic heterocycles. The predicted molar refractivity (Wildman–Crippen MR) is 59.6 cm³/mol. The quantitative estimate of drug-likeness (QED) is 0.865. The van der Waals surface area contributed by atoms with Gasteiger partial charge in [-0.05, 0) is 12.8 Å². The van der Waals surface area contributed by atoms with Gasteiger partial charge in [-0.25, -0.2) is 0 Å². The van der Waals surface area contributed by atoms with E-state index >= 15 is 0 Å². The van der Waals surface area contributed by atoms with Gasteiger partial charge in [-0.15, -0.1) is 11.3 Å². The number of hydrogen-bond donors (Lipinski definition) is 1. The molecule has 2 heterocycles. The largest absolute Gasteiger partial charge is 0.493 e. The second-order valence-corrected chi connectivity index (χ2v) is 4.25. The Kier molecular flexibility index (Phi) is 2.73. The molecule has 0 saturated carbocycles. The summed E-state index contributed by atoms with van der Waals surface area (Å²) in [4.78, 5) is 16.4. The van der Waals surface area contributed by atoms with Gasteiger partial charge in [0.1, 0.15) is 0 Å². The Morgan fingerprint density at radius 3 is 3.13 bits per heavy atom. The van der Waals surface area contributed by atoms with E-state index in [1.54, 1.807) is 11.6 Å². The Morgan fingerprint density at radius 2 is 2.40 bits per heavy atom. The number of rotatable bonds is 3. The summed E-state index contributed by atoms with van der Waals surface area (Å²) in [5.41, 5.74) is 0.278. The average Bonchev–Trinajstić information content (AvgIpc) is 2.65. The summed E-state index contributed by atoms with van der Waals surface area (Å²) in [6.45, 7) is 2.05. The lowest BCUT2D eigenvalue weighted by Gasteiger charge is -2.02. The van der Waals surface area contributed by atoms with Crippen LogP contribution in [0.1, 0.15) is 25.3 Å². The van der Waals surface area contributed by atoms with Crippen molar-refractivity contribution in [3.05, 3.63) is 27.5 Å². The predicted octanol–water partition coefficient (Wildman–Crippen LogP) is 1.80. The minimum absolute atomic E-state index is 0.115. The Hall–Kier alpha value is -1.36. The minimum Gasteiger partial charge on any atom is -0.493 e. The summed E-state index contributed by atoms with van der Waals surface area (Å²) in [7, 11) is 0. The SMILES string of the molecule is CCCCc1c(O)nc2sccn2c1=O. The van der Waals surface area contributed by atoms with Crippen molar-refractivity contribution >= 4 is 16.3 Å². The molecule has 0 atom stereocenters. The Labute approximate surface area is 90.8 Å². The number of aromatic nitrogens is 2. The lowest BCUT2D eigenvalue weighted by Crippen LogP contribution is -2.18. The maximum Gasteiger partial charge on any atom is 0.265 e. The summed E-state index contributed by atoms with van der Waals surface area (Å²) < 4.78 is 1.48. The third-order valence-electron chi connectivity index (χ3n) is 2.32. The van der Waals surface area contributed by atoms with Crippen LogP contribution in [0.3, 0.4) is 0 Å². The third kappa shape index (κ3) is 1.74. The molecule has 15 heavy (non-hydrogen) atoms. The molecule has 0 aromatic carbocycles. The molecular formula is C10H12N2O2S. The molecule has 5 heteroatoms. The Morgan fingerprint density at radius 1 is 1.60 bits per heavy atom. The number of nitrogens with zero attached hydrogens (tertiary/aromatic N) is 2. The zero-order valence-electron chi connectivity index (χ0n) is 8.43.